The largest absolute Gasteiger partial charge is 0.497 e. The van der Waals surface area contributed by atoms with E-state index in [2.05, 4.69) is 15.8 Å². The van der Waals surface area contributed by atoms with Crippen LogP contribution >= 0.6 is 0 Å². The van der Waals surface area contributed by atoms with Crippen molar-refractivity contribution in [2.45, 2.75) is 13.0 Å². The van der Waals surface area contributed by atoms with Crippen molar-refractivity contribution >= 4 is 18.0 Å². The van der Waals surface area contributed by atoms with Crippen LogP contribution in [0.3, 0.4) is 0 Å². The molecule has 1 atom stereocenters. The monoisotopic (exact) mass is 325 g/mol. The van der Waals surface area contributed by atoms with Gasteiger partial charge in [-0.3, -0.25) is 9.59 Å². The number of amides is 2. The van der Waals surface area contributed by atoms with Crippen LogP contribution in [0, 0.1) is 0 Å². The Kier molecular flexibility index (Phi) is 6.08. The van der Waals surface area contributed by atoms with E-state index >= 15 is 0 Å². The molecule has 24 heavy (non-hydrogen) atoms. The van der Waals surface area contributed by atoms with Gasteiger partial charge in [0.1, 0.15) is 11.8 Å². The Morgan fingerprint density at radius 1 is 1.08 bits per heavy atom. The molecule has 0 heterocycles. The highest BCUT2D eigenvalue weighted by atomic mass is 16.5. The minimum absolute atomic E-state index is 0.308. The van der Waals surface area contributed by atoms with E-state index in [9.17, 15) is 9.59 Å². The summed E-state index contributed by atoms with van der Waals surface area (Å²) in [7, 11) is 1.59. The van der Waals surface area contributed by atoms with E-state index in [1.807, 2.05) is 18.2 Å². The van der Waals surface area contributed by atoms with Crippen LogP contribution in [-0.2, 0) is 4.79 Å². The zero-order valence-corrected chi connectivity index (χ0v) is 13.5. The van der Waals surface area contributed by atoms with Crippen molar-refractivity contribution in [1.29, 1.82) is 0 Å². The lowest BCUT2D eigenvalue weighted by atomic mass is 10.2. The molecule has 0 saturated carbocycles. The molecular weight excluding hydrogens is 306 g/mol. The number of ether oxygens (including phenoxy) is 1. The molecule has 0 saturated heterocycles. The maximum Gasteiger partial charge on any atom is 0.262 e. The molecule has 0 bridgehead atoms. The molecule has 124 valence electrons. The quantitative estimate of drug-likeness (QED) is 0.629. The Morgan fingerprint density at radius 3 is 2.38 bits per heavy atom. The molecule has 0 spiro atoms. The summed E-state index contributed by atoms with van der Waals surface area (Å²) in [5.41, 5.74) is 3.72. The van der Waals surface area contributed by atoms with E-state index in [0.717, 1.165) is 11.3 Å². The molecule has 6 nitrogen and oxygen atoms in total. The predicted octanol–water partition coefficient (Wildman–Crippen LogP) is 1.96. The molecule has 2 aromatic rings. The summed E-state index contributed by atoms with van der Waals surface area (Å²) >= 11 is 0. The smallest absolute Gasteiger partial charge is 0.262 e. The summed E-state index contributed by atoms with van der Waals surface area (Å²) < 4.78 is 5.06. The van der Waals surface area contributed by atoms with E-state index < -0.39 is 11.9 Å². The van der Waals surface area contributed by atoms with E-state index in [0.29, 0.717) is 5.56 Å². The number of benzene rings is 2. The summed E-state index contributed by atoms with van der Waals surface area (Å²) in [5.74, 6) is 0.0369. The van der Waals surface area contributed by atoms with Gasteiger partial charge in [0.2, 0.25) is 0 Å². The van der Waals surface area contributed by atoms with Gasteiger partial charge in [-0.05, 0) is 48.9 Å². The molecule has 2 N–H and O–H groups in total. The lowest BCUT2D eigenvalue weighted by molar-refractivity contribution is -0.122. The molecular formula is C18H19N3O3. The molecule has 0 unspecified atom stereocenters. The Labute approximate surface area is 140 Å². The lowest BCUT2D eigenvalue weighted by Gasteiger charge is -2.12. The van der Waals surface area contributed by atoms with Gasteiger partial charge >= 0.3 is 0 Å². The van der Waals surface area contributed by atoms with Gasteiger partial charge in [-0.1, -0.05) is 18.2 Å². The zero-order valence-electron chi connectivity index (χ0n) is 13.5. The highest BCUT2D eigenvalue weighted by Crippen LogP contribution is 2.09. The van der Waals surface area contributed by atoms with Gasteiger partial charge in [0.05, 0.1) is 13.3 Å². The van der Waals surface area contributed by atoms with Crippen molar-refractivity contribution < 1.29 is 14.3 Å². The van der Waals surface area contributed by atoms with Crippen LogP contribution in [0.4, 0.5) is 0 Å². The minimum atomic E-state index is -0.703. The normalized spacial score (nSPS) is 11.8. The van der Waals surface area contributed by atoms with Gasteiger partial charge in [-0.15, -0.1) is 0 Å². The number of hydrazone groups is 1. The summed E-state index contributed by atoms with van der Waals surface area (Å²) in [6.07, 6.45) is 1.52. The SMILES string of the molecule is COc1ccc(/C=N\NC(=O)[C@H](C)NC(=O)c2ccccc2)cc1. The Hall–Kier alpha value is -3.15. The first-order valence-corrected chi connectivity index (χ1v) is 7.43. The lowest BCUT2D eigenvalue weighted by Crippen LogP contribution is -2.43. The Morgan fingerprint density at radius 2 is 1.75 bits per heavy atom. The summed E-state index contributed by atoms with van der Waals surface area (Å²) in [6.45, 7) is 1.60. The fourth-order valence-corrected chi connectivity index (χ4v) is 1.89. The molecule has 2 amide bonds. The van der Waals surface area contributed by atoms with Gasteiger partial charge in [-0.25, -0.2) is 5.43 Å². The molecule has 6 heteroatoms. The molecule has 0 aliphatic carbocycles. The van der Waals surface area contributed by atoms with Gasteiger partial charge in [0.25, 0.3) is 11.8 Å². The van der Waals surface area contributed by atoms with Crippen LogP contribution in [0.1, 0.15) is 22.8 Å². The van der Waals surface area contributed by atoms with Gasteiger partial charge in [-0.2, -0.15) is 5.10 Å². The van der Waals surface area contributed by atoms with Crippen molar-refractivity contribution in [3.05, 3.63) is 65.7 Å². The topological polar surface area (TPSA) is 79.8 Å². The second-order valence-corrected chi connectivity index (χ2v) is 5.07. The average molecular weight is 325 g/mol. The maximum atomic E-state index is 12.0. The van der Waals surface area contributed by atoms with Gasteiger partial charge in [0, 0.05) is 5.56 Å². The van der Waals surface area contributed by atoms with E-state index in [4.69, 9.17) is 4.74 Å². The van der Waals surface area contributed by atoms with Crippen molar-refractivity contribution in [2.24, 2.45) is 5.10 Å². The number of methoxy groups -OCH3 is 1. The number of hydrogen-bond donors (Lipinski definition) is 2. The third kappa shape index (κ3) is 4.95. The Balaban J connectivity index is 1.84. The van der Waals surface area contributed by atoms with Crippen LogP contribution in [0.2, 0.25) is 0 Å². The van der Waals surface area contributed by atoms with E-state index in [-0.39, 0.29) is 5.91 Å². The summed E-state index contributed by atoms with van der Waals surface area (Å²) in [4.78, 5) is 23.9. The van der Waals surface area contributed by atoms with Crippen LogP contribution in [0.25, 0.3) is 0 Å². The zero-order chi connectivity index (χ0) is 17.4. The van der Waals surface area contributed by atoms with Crippen molar-refractivity contribution in [3.8, 4) is 5.75 Å². The minimum Gasteiger partial charge on any atom is -0.497 e. The standard InChI is InChI=1S/C18H19N3O3/c1-13(20-18(23)15-6-4-3-5-7-15)17(22)21-19-12-14-8-10-16(24-2)11-9-14/h3-13H,1-2H3,(H,20,23)(H,21,22)/b19-12-/t13-/m0/s1. The van der Waals surface area contributed by atoms with Crippen LogP contribution in [0.15, 0.2) is 59.7 Å². The maximum absolute atomic E-state index is 12.0. The highest BCUT2D eigenvalue weighted by Gasteiger charge is 2.15. The predicted molar refractivity (Wildman–Crippen MR) is 92.1 cm³/mol. The van der Waals surface area contributed by atoms with Crippen LogP contribution in [-0.4, -0.2) is 31.2 Å². The molecule has 0 aliphatic heterocycles. The first-order valence-electron chi connectivity index (χ1n) is 7.43. The molecule has 0 aliphatic rings. The van der Waals surface area contributed by atoms with E-state index in [1.165, 1.54) is 6.21 Å². The second-order valence-electron chi connectivity index (χ2n) is 5.07. The molecule has 0 aromatic heterocycles. The van der Waals surface area contributed by atoms with Crippen molar-refractivity contribution in [3.63, 3.8) is 0 Å². The van der Waals surface area contributed by atoms with Crippen molar-refractivity contribution in [2.75, 3.05) is 7.11 Å². The molecule has 0 fully saturated rings. The van der Waals surface area contributed by atoms with Gasteiger partial charge < -0.3 is 10.1 Å². The number of carbonyl (C=O) groups excluding carboxylic acids is 2. The number of nitrogens with one attached hydrogen (secondary N) is 2. The summed E-state index contributed by atoms with van der Waals surface area (Å²) in [6, 6.07) is 15.2. The second kappa shape index (κ2) is 8.47. The number of hydrogen-bond acceptors (Lipinski definition) is 4. The van der Waals surface area contributed by atoms with E-state index in [1.54, 1.807) is 50.4 Å². The van der Waals surface area contributed by atoms with Crippen LogP contribution in [0.5, 0.6) is 5.75 Å². The van der Waals surface area contributed by atoms with Gasteiger partial charge in [0.15, 0.2) is 0 Å². The first kappa shape index (κ1) is 17.2. The summed E-state index contributed by atoms with van der Waals surface area (Å²) in [5, 5.41) is 6.50. The molecule has 0 radical (unpaired) electrons. The third-order valence-corrected chi connectivity index (χ3v) is 3.28. The van der Waals surface area contributed by atoms with Crippen LogP contribution < -0.4 is 15.5 Å². The molecule has 2 rings (SSSR count). The first-order chi connectivity index (χ1) is 11.6. The third-order valence-electron chi connectivity index (χ3n) is 3.28. The highest BCUT2D eigenvalue weighted by molar-refractivity contribution is 5.97. The van der Waals surface area contributed by atoms with Crippen molar-refractivity contribution in [1.82, 2.24) is 10.7 Å². The number of nitrogens with zero attached hydrogens (tertiary/aromatic N) is 1. The Bertz CT molecular complexity index is 712. The number of carbonyl (C=O) groups is 2. The fraction of sp³-hybridized carbons (Fsp3) is 0.167. The average Bonchev–Trinajstić information content (AvgIpc) is 2.62. The number of rotatable bonds is 6. The fourth-order valence-electron chi connectivity index (χ4n) is 1.89. The molecule has 2 aromatic carbocycles.